The zero-order valence-corrected chi connectivity index (χ0v) is 12.6. The summed E-state index contributed by atoms with van der Waals surface area (Å²) >= 11 is 3.39. The van der Waals surface area contributed by atoms with E-state index in [1.807, 2.05) is 35.9 Å². The minimum atomic E-state index is 0.0412. The first-order valence-corrected chi connectivity index (χ1v) is 7.10. The van der Waals surface area contributed by atoms with Crippen molar-refractivity contribution in [3.05, 3.63) is 52.5 Å². The first-order valence-electron chi connectivity index (χ1n) is 6.31. The maximum absolute atomic E-state index is 11.8. The van der Waals surface area contributed by atoms with Gasteiger partial charge < -0.3 is 5.11 Å². The van der Waals surface area contributed by atoms with Gasteiger partial charge in [0.1, 0.15) is 11.0 Å². The molecule has 0 bridgehead atoms. The van der Waals surface area contributed by atoms with E-state index in [0.717, 1.165) is 27.0 Å². The molecule has 0 aliphatic carbocycles. The van der Waals surface area contributed by atoms with E-state index >= 15 is 0 Å². The van der Waals surface area contributed by atoms with E-state index in [1.54, 1.807) is 12.1 Å². The Bertz CT molecular complexity index is 767. The summed E-state index contributed by atoms with van der Waals surface area (Å²) in [5.41, 5.74) is 2.92. The summed E-state index contributed by atoms with van der Waals surface area (Å²) in [6.45, 7) is 0.485. The molecule has 102 valence electrons. The van der Waals surface area contributed by atoms with E-state index in [2.05, 4.69) is 32.3 Å². The summed E-state index contributed by atoms with van der Waals surface area (Å²) < 4.78 is 2.95. The third kappa shape index (κ3) is 2.36. The third-order valence-corrected chi connectivity index (χ3v) is 3.82. The molecule has 5 heteroatoms. The fourth-order valence-electron chi connectivity index (χ4n) is 2.23. The first-order chi connectivity index (χ1) is 9.65. The number of imidazole rings is 1. The van der Waals surface area contributed by atoms with Crippen LogP contribution in [-0.2, 0) is 13.6 Å². The van der Waals surface area contributed by atoms with Crippen LogP contribution in [0.25, 0.3) is 11.0 Å². The first kappa shape index (κ1) is 13.0. The number of nitrogens with one attached hydrogen (secondary N) is 2. The molecular weight excluding hydrogens is 318 g/mol. The van der Waals surface area contributed by atoms with Crippen LogP contribution in [0.1, 0.15) is 5.56 Å². The Morgan fingerprint density at radius 1 is 1.25 bits per heavy atom. The maximum Gasteiger partial charge on any atom is 0.356 e. The van der Waals surface area contributed by atoms with Gasteiger partial charge in [0.15, 0.2) is 0 Å². The Labute approximate surface area is 125 Å². The van der Waals surface area contributed by atoms with Gasteiger partial charge in [0.05, 0.1) is 13.6 Å². The molecule has 0 aliphatic rings. The van der Waals surface area contributed by atoms with Crippen LogP contribution in [-0.4, -0.2) is 4.98 Å². The second-order valence-corrected chi connectivity index (χ2v) is 5.57. The number of fused-ring (bicyclic) bond motifs is 1. The minimum absolute atomic E-state index is 0.0412. The number of rotatable bonds is 3. The van der Waals surface area contributed by atoms with Crippen molar-refractivity contribution in [1.29, 1.82) is 0 Å². The van der Waals surface area contributed by atoms with E-state index in [9.17, 15) is 5.11 Å². The van der Waals surface area contributed by atoms with Crippen LogP contribution in [0.4, 0.5) is 5.95 Å². The van der Waals surface area contributed by atoms with E-state index in [-0.39, 0.29) is 5.75 Å². The normalized spacial score (nSPS) is 10.9. The molecule has 0 saturated carbocycles. The highest BCUT2D eigenvalue weighted by Crippen LogP contribution is 2.20. The van der Waals surface area contributed by atoms with Gasteiger partial charge in [0.2, 0.25) is 0 Å². The Morgan fingerprint density at radius 2 is 2.05 bits per heavy atom. The van der Waals surface area contributed by atoms with E-state index in [1.165, 1.54) is 0 Å². The zero-order chi connectivity index (χ0) is 14.1. The molecule has 0 amide bonds. The van der Waals surface area contributed by atoms with E-state index < -0.39 is 0 Å². The van der Waals surface area contributed by atoms with Crippen molar-refractivity contribution in [2.45, 2.75) is 6.54 Å². The molecule has 3 aromatic rings. The second-order valence-electron chi connectivity index (χ2n) is 4.66. The molecule has 4 nitrogen and oxygen atoms in total. The summed E-state index contributed by atoms with van der Waals surface area (Å²) in [5, 5.41) is 15.0. The maximum atomic E-state index is 11.8. The summed E-state index contributed by atoms with van der Waals surface area (Å²) in [7, 11) is 1.99. The molecule has 2 aromatic carbocycles. The molecule has 2 N–H and O–H groups in total. The monoisotopic (exact) mass is 331 g/mol. The van der Waals surface area contributed by atoms with Crippen LogP contribution >= 0.6 is 15.9 Å². The summed E-state index contributed by atoms with van der Waals surface area (Å²) in [6.07, 6.45) is 0. The molecule has 0 fully saturated rings. The van der Waals surface area contributed by atoms with Gasteiger partial charge >= 0.3 is 5.95 Å². The van der Waals surface area contributed by atoms with Crippen LogP contribution in [0.15, 0.2) is 46.9 Å². The molecule has 0 radical (unpaired) electrons. The molecule has 0 spiro atoms. The van der Waals surface area contributed by atoms with Gasteiger partial charge in [0, 0.05) is 4.47 Å². The van der Waals surface area contributed by atoms with Crippen molar-refractivity contribution < 1.29 is 9.67 Å². The fraction of sp³-hybridized carbons (Fsp3) is 0.133. The molecule has 0 unspecified atom stereocenters. The van der Waals surface area contributed by atoms with Crippen molar-refractivity contribution in [1.82, 2.24) is 4.98 Å². The topological polar surface area (TPSA) is 54.8 Å². The molecule has 0 atom stereocenters. The number of anilines is 1. The Kier molecular flexibility index (Phi) is 3.36. The number of aromatic nitrogens is 2. The quantitative estimate of drug-likeness (QED) is 0.724. The fourth-order valence-corrected chi connectivity index (χ4v) is 2.64. The van der Waals surface area contributed by atoms with Crippen molar-refractivity contribution in [3.63, 3.8) is 0 Å². The van der Waals surface area contributed by atoms with Crippen molar-refractivity contribution in [3.8, 4) is 5.75 Å². The lowest BCUT2D eigenvalue weighted by molar-refractivity contribution is -0.630. The van der Waals surface area contributed by atoms with Gasteiger partial charge in [-0.25, -0.2) is 9.55 Å². The number of nitrogens with zero attached hydrogens (tertiary/aromatic N) is 1. The minimum Gasteiger partial charge on any atom is -0.872 e. The largest absolute Gasteiger partial charge is 0.872 e. The van der Waals surface area contributed by atoms with Crippen LogP contribution in [0.2, 0.25) is 0 Å². The van der Waals surface area contributed by atoms with Crippen LogP contribution in [0.5, 0.6) is 5.75 Å². The number of hydrogen-bond donors (Lipinski definition) is 2. The standard InChI is InChI=1S/C15H14BrN3O/c1-19-13-5-3-2-4-12(13)18-15(19)17-9-10-8-11(16)6-7-14(10)20/h2-8H,9H2,1H3,(H2,17,18,20). The number of H-pyrrole nitrogens is 1. The zero-order valence-electron chi connectivity index (χ0n) is 11.0. The van der Waals surface area contributed by atoms with Gasteiger partial charge in [-0.1, -0.05) is 34.1 Å². The summed E-state index contributed by atoms with van der Waals surface area (Å²) in [5.74, 6) is 0.921. The van der Waals surface area contributed by atoms with Crippen LogP contribution in [0, 0.1) is 0 Å². The molecular formula is C15H14BrN3O. The van der Waals surface area contributed by atoms with E-state index in [4.69, 9.17) is 0 Å². The number of benzene rings is 2. The van der Waals surface area contributed by atoms with Crippen molar-refractivity contribution in [2.75, 3.05) is 5.32 Å². The molecule has 1 heterocycles. The third-order valence-electron chi connectivity index (χ3n) is 3.32. The molecule has 0 saturated heterocycles. The smallest absolute Gasteiger partial charge is 0.356 e. The number of hydrogen-bond acceptors (Lipinski definition) is 2. The van der Waals surface area contributed by atoms with Crippen molar-refractivity contribution in [2.24, 2.45) is 7.05 Å². The molecule has 0 aliphatic heterocycles. The Balaban J connectivity index is 1.87. The lowest BCUT2D eigenvalue weighted by Crippen LogP contribution is -2.30. The van der Waals surface area contributed by atoms with Gasteiger partial charge in [-0.3, -0.25) is 5.32 Å². The molecule has 20 heavy (non-hydrogen) atoms. The number of halogens is 1. The average molecular weight is 332 g/mol. The van der Waals surface area contributed by atoms with Crippen LogP contribution in [0.3, 0.4) is 0 Å². The average Bonchev–Trinajstić information content (AvgIpc) is 2.77. The molecule has 1 aromatic heterocycles. The van der Waals surface area contributed by atoms with Gasteiger partial charge in [-0.15, -0.1) is 5.75 Å². The van der Waals surface area contributed by atoms with Gasteiger partial charge in [-0.2, -0.15) is 0 Å². The number of aromatic amines is 1. The SMILES string of the molecule is C[n+]1c(NCc2cc(Br)ccc2[O-])[nH]c2ccccc21. The second kappa shape index (κ2) is 5.17. The Hall–Kier alpha value is -2.01. The highest BCUT2D eigenvalue weighted by Gasteiger charge is 2.13. The van der Waals surface area contributed by atoms with Gasteiger partial charge in [-0.05, 0) is 29.8 Å². The predicted molar refractivity (Wildman–Crippen MR) is 80.4 cm³/mol. The number of para-hydroxylation sites is 2. The summed E-state index contributed by atoms with van der Waals surface area (Å²) in [4.78, 5) is 3.31. The summed E-state index contributed by atoms with van der Waals surface area (Å²) in [6, 6.07) is 13.3. The predicted octanol–water partition coefficient (Wildman–Crippen LogP) is 2.44. The highest BCUT2D eigenvalue weighted by atomic mass is 79.9. The number of aryl methyl sites for hydroxylation is 1. The molecule has 3 rings (SSSR count). The van der Waals surface area contributed by atoms with Crippen LogP contribution < -0.4 is 15.0 Å². The van der Waals surface area contributed by atoms with E-state index in [0.29, 0.717) is 6.54 Å². The van der Waals surface area contributed by atoms with Crippen molar-refractivity contribution >= 4 is 32.9 Å². The van der Waals surface area contributed by atoms with Gasteiger partial charge in [0.25, 0.3) is 0 Å². The Morgan fingerprint density at radius 3 is 2.85 bits per heavy atom. The lowest BCUT2D eigenvalue weighted by atomic mass is 10.2. The lowest BCUT2D eigenvalue weighted by Gasteiger charge is -2.12. The highest BCUT2D eigenvalue weighted by molar-refractivity contribution is 9.10.